The number of hydrogen-bond donors (Lipinski definition) is 2. The number of aromatic nitrogens is 1. The Kier molecular flexibility index (Phi) is 7.46. The maximum Gasteiger partial charge on any atom is 0.418 e. The van der Waals surface area contributed by atoms with E-state index in [4.69, 9.17) is 16.3 Å². The molecule has 2 atom stereocenters. The first-order valence-electron chi connectivity index (χ1n) is 8.20. The van der Waals surface area contributed by atoms with Crippen LogP contribution in [0.2, 0.25) is 5.02 Å². The fourth-order valence-corrected chi connectivity index (χ4v) is 4.09. The van der Waals surface area contributed by atoms with Gasteiger partial charge in [0.1, 0.15) is 16.6 Å². The summed E-state index contributed by atoms with van der Waals surface area (Å²) in [7, 11) is 0. The minimum atomic E-state index is -1.44. The summed E-state index contributed by atoms with van der Waals surface area (Å²) in [6, 6.07) is 3.38. The van der Waals surface area contributed by atoms with E-state index >= 15 is 0 Å². The van der Waals surface area contributed by atoms with Crippen molar-refractivity contribution in [2.45, 2.75) is 38.5 Å². The van der Waals surface area contributed by atoms with Gasteiger partial charge in [0.15, 0.2) is 5.13 Å². The van der Waals surface area contributed by atoms with Crippen LogP contribution in [0.4, 0.5) is 14.3 Å². The van der Waals surface area contributed by atoms with Crippen LogP contribution in [-0.4, -0.2) is 20.4 Å². The number of benzene rings is 1. The van der Waals surface area contributed by atoms with Gasteiger partial charge >= 0.3 is 6.09 Å². The summed E-state index contributed by atoms with van der Waals surface area (Å²) in [6.07, 6.45) is 0.814. The maximum absolute atomic E-state index is 13.5. The van der Waals surface area contributed by atoms with Gasteiger partial charge in [-0.25, -0.2) is 14.2 Å². The van der Waals surface area contributed by atoms with E-state index in [0.29, 0.717) is 10.4 Å². The number of allylic oxidation sites excluding steroid dienone is 1. The van der Waals surface area contributed by atoms with E-state index in [2.05, 4.69) is 21.6 Å². The van der Waals surface area contributed by atoms with Gasteiger partial charge in [-0.05, 0) is 45.4 Å². The fourth-order valence-electron chi connectivity index (χ4n) is 2.04. The summed E-state index contributed by atoms with van der Waals surface area (Å²) < 4.78 is 33.5. The first-order chi connectivity index (χ1) is 13.0. The Hall–Kier alpha value is -1.65. The average molecular weight is 446 g/mol. The molecule has 0 fully saturated rings. The fraction of sp³-hybridized carbons (Fsp3) is 0.333. The minimum Gasteiger partial charge on any atom is -0.598 e. The molecule has 0 bridgehead atoms. The van der Waals surface area contributed by atoms with E-state index in [9.17, 15) is 13.7 Å². The molecule has 0 spiro atoms. The van der Waals surface area contributed by atoms with Crippen molar-refractivity contribution in [2.75, 3.05) is 5.32 Å². The van der Waals surface area contributed by atoms with Crippen LogP contribution in [-0.2, 0) is 16.1 Å². The summed E-state index contributed by atoms with van der Waals surface area (Å²) >= 11 is 5.94. The molecule has 0 saturated carbocycles. The molecule has 6 nitrogen and oxygen atoms in total. The molecule has 2 rings (SSSR count). The number of nitrogens with one attached hydrogen (secondary N) is 2. The van der Waals surface area contributed by atoms with E-state index in [1.165, 1.54) is 24.4 Å². The Morgan fingerprint density at radius 3 is 2.71 bits per heavy atom. The molecule has 0 saturated heterocycles. The Bertz CT molecular complexity index is 870. The maximum atomic E-state index is 13.5. The third-order valence-electron chi connectivity index (χ3n) is 3.34. The molecule has 2 unspecified atom stereocenters. The van der Waals surface area contributed by atoms with Gasteiger partial charge in [-0.1, -0.05) is 35.6 Å². The van der Waals surface area contributed by atoms with Crippen LogP contribution in [0.15, 0.2) is 36.7 Å². The molecule has 1 amide bonds. The van der Waals surface area contributed by atoms with E-state index < -0.39 is 34.1 Å². The topological polar surface area (TPSA) is 86.3 Å². The molecule has 152 valence electrons. The predicted molar refractivity (Wildman–Crippen MR) is 111 cm³/mol. The van der Waals surface area contributed by atoms with E-state index in [0.717, 1.165) is 11.3 Å². The molecule has 2 N–H and O–H groups in total. The van der Waals surface area contributed by atoms with Crippen LogP contribution < -0.4 is 10.0 Å². The lowest BCUT2D eigenvalue weighted by Gasteiger charge is -2.28. The standard InChI is InChI=1S/C18H21ClFN3O3S2/c1-10(2)26-17(24)22-16-21-9-14(27-16)15(23-28(25)18(3,4)5)12-7-6-11(20)8-13(12)19/h6-9,15,23H,1H2,2-5H3,(H,21,22,24). The molecule has 0 aliphatic rings. The minimum absolute atomic E-state index is 0.188. The van der Waals surface area contributed by atoms with Crippen LogP contribution in [0, 0.1) is 5.82 Å². The number of halogens is 2. The van der Waals surface area contributed by atoms with Gasteiger partial charge in [0.05, 0.1) is 10.6 Å². The van der Waals surface area contributed by atoms with Crippen molar-refractivity contribution in [3.8, 4) is 0 Å². The van der Waals surface area contributed by atoms with E-state index in [1.54, 1.807) is 6.92 Å². The summed E-state index contributed by atoms with van der Waals surface area (Å²) in [6.45, 7) is 10.5. The highest BCUT2D eigenvalue weighted by Gasteiger charge is 2.32. The summed E-state index contributed by atoms with van der Waals surface area (Å²) in [4.78, 5) is 16.5. The monoisotopic (exact) mass is 445 g/mol. The molecule has 0 aliphatic heterocycles. The zero-order valence-corrected chi connectivity index (χ0v) is 18.2. The largest absolute Gasteiger partial charge is 0.598 e. The van der Waals surface area contributed by atoms with Crippen molar-refractivity contribution in [1.82, 2.24) is 9.71 Å². The van der Waals surface area contributed by atoms with E-state index in [-0.39, 0.29) is 15.9 Å². The first kappa shape index (κ1) is 22.6. The lowest BCUT2D eigenvalue weighted by molar-refractivity contribution is 0.192. The SMILES string of the molecule is C=C(C)OC(=O)Nc1ncc(C(N[S+]([O-])C(C)(C)C)c2ccc(F)cc2Cl)s1. The third-order valence-corrected chi connectivity index (χ3v) is 6.21. The van der Waals surface area contributed by atoms with Crippen molar-refractivity contribution >= 4 is 45.5 Å². The van der Waals surface area contributed by atoms with Crippen molar-refractivity contribution in [2.24, 2.45) is 0 Å². The number of ether oxygens (including phenoxy) is 1. The highest BCUT2D eigenvalue weighted by atomic mass is 35.5. The zero-order valence-electron chi connectivity index (χ0n) is 15.8. The molecule has 28 heavy (non-hydrogen) atoms. The Morgan fingerprint density at radius 1 is 1.46 bits per heavy atom. The number of thiazole rings is 1. The number of rotatable bonds is 6. The van der Waals surface area contributed by atoms with Gasteiger partial charge in [-0.3, -0.25) is 5.32 Å². The summed E-state index contributed by atoms with van der Waals surface area (Å²) in [5, 5.41) is 2.97. The van der Waals surface area contributed by atoms with Gasteiger partial charge in [-0.2, -0.15) is 0 Å². The second kappa shape index (κ2) is 9.23. The van der Waals surface area contributed by atoms with Crippen molar-refractivity contribution in [3.05, 3.63) is 58.0 Å². The van der Waals surface area contributed by atoms with Crippen LogP contribution in [0.5, 0.6) is 0 Å². The number of amides is 1. The summed E-state index contributed by atoms with van der Waals surface area (Å²) in [5.41, 5.74) is 0.542. The molecule has 2 aromatic rings. The highest BCUT2D eigenvalue weighted by Crippen LogP contribution is 2.35. The molecular weight excluding hydrogens is 425 g/mol. The number of carbonyl (C=O) groups excluding carboxylic acids is 1. The van der Waals surface area contributed by atoms with Gasteiger partial charge in [0.2, 0.25) is 0 Å². The smallest absolute Gasteiger partial charge is 0.418 e. The van der Waals surface area contributed by atoms with Gasteiger partial charge in [0.25, 0.3) is 0 Å². The number of nitrogens with zero attached hydrogens (tertiary/aromatic N) is 1. The van der Waals surface area contributed by atoms with Crippen molar-refractivity contribution in [3.63, 3.8) is 0 Å². The second-order valence-electron chi connectivity index (χ2n) is 6.88. The van der Waals surface area contributed by atoms with Crippen molar-refractivity contribution in [1.29, 1.82) is 0 Å². The molecule has 0 aliphatic carbocycles. The number of hydrogen-bond acceptors (Lipinski definition) is 6. The van der Waals surface area contributed by atoms with Gasteiger partial charge < -0.3 is 9.29 Å². The number of anilines is 1. The van der Waals surface area contributed by atoms with Gasteiger partial charge in [-0.15, -0.1) is 4.72 Å². The average Bonchev–Trinajstić information content (AvgIpc) is 2.99. The highest BCUT2D eigenvalue weighted by molar-refractivity contribution is 7.90. The molecule has 10 heteroatoms. The molecule has 1 heterocycles. The van der Waals surface area contributed by atoms with Crippen LogP contribution in [0.25, 0.3) is 0 Å². The summed E-state index contributed by atoms with van der Waals surface area (Å²) in [5.74, 6) is -0.230. The lowest BCUT2D eigenvalue weighted by Crippen LogP contribution is -2.41. The molecular formula is C18H21ClFN3O3S2. The third kappa shape index (κ3) is 6.18. The number of carbonyl (C=O) groups is 1. The first-order valence-corrected chi connectivity index (χ1v) is 10.5. The van der Waals surface area contributed by atoms with Crippen molar-refractivity contribution < 1.29 is 18.5 Å². The van der Waals surface area contributed by atoms with E-state index in [1.807, 2.05) is 20.8 Å². The molecule has 1 aromatic heterocycles. The van der Waals surface area contributed by atoms with Gasteiger partial charge in [0, 0.05) is 22.6 Å². The second-order valence-corrected chi connectivity index (χ2v) is 10.3. The zero-order chi connectivity index (χ0) is 21.1. The molecule has 1 aromatic carbocycles. The Morgan fingerprint density at radius 2 is 2.14 bits per heavy atom. The quantitative estimate of drug-likeness (QED) is 0.473. The Labute approximate surface area is 175 Å². The Balaban J connectivity index is 2.34. The lowest BCUT2D eigenvalue weighted by atomic mass is 10.1. The van der Waals surface area contributed by atoms with Crippen LogP contribution in [0.3, 0.4) is 0 Å². The molecule has 0 radical (unpaired) electrons. The van der Waals surface area contributed by atoms with Crippen LogP contribution in [0.1, 0.15) is 44.2 Å². The predicted octanol–water partition coefficient (Wildman–Crippen LogP) is 5.16. The normalized spacial score (nSPS) is 13.7. The van der Waals surface area contributed by atoms with Crippen LogP contribution >= 0.6 is 22.9 Å².